The molecular formula is C11H8INO3. The molecule has 2 rings (SSSR count). The highest BCUT2D eigenvalue weighted by Crippen LogP contribution is 2.14. The van der Waals surface area contributed by atoms with Crippen molar-refractivity contribution in [2.24, 2.45) is 7.05 Å². The molecule has 0 saturated carbocycles. The van der Waals surface area contributed by atoms with E-state index in [-0.39, 0.29) is 5.56 Å². The van der Waals surface area contributed by atoms with Crippen LogP contribution in [0.2, 0.25) is 0 Å². The van der Waals surface area contributed by atoms with E-state index < -0.39 is 11.4 Å². The summed E-state index contributed by atoms with van der Waals surface area (Å²) in [5.41, 5.74) is 0.107. The number of aromatic nitrogens is 1. The molecule has 1 aromatic carbocycles. The summed E-state index contributed by atoms with van der Waals surface area (Å²) < 4.78 is 2.66. The summed E-state index contributed by atoms with van der Waals surface area (Å²) in [4.78, 5) is 22.7. The van der Waals surface area contributed by atoms with Gasteiger partial charge in [0.2, 0.25) is 5.43 Å². The lowest BCUT2D eigenvalue weighted by Crippen LogP contribution is -2.17. The third-order valence-corrected chi connectivity index (χ3v) is 3.05. The molecule has 0 amide bonds. The quantitative estimate of drug-likeness (QED) is 0.813. The van der Waals surface area contributed by atoms with Crippen molar-refractivity contribution in [1.29, 1.82) is 0 Å². The van der Waals surface area contributed by atoms with Crippen molar-refractivity contribution >= 4 is 39.5 Å². The summed E-state index contributed by atoms with van der Waals surface area (Å²) in [5, 5.41) is 9.32. The molecule has 5 heteroatoms. The van der Waals surface area contributed by atoms with Gasteiger partial charge in [-0.2, -0.15) is 0 Å². The molecule has 1 aromatic heterocycles. The summed E-state index contributed by atoms with van der Waals surface area (Å²) in [7, 11) is 1.73. The van der Waals surface area contributed by atoms with E-state index in [1.807, 2.05) is 6.07 Å². The lowest BCUT2D eigenvalue weighted by atomic mass is 10.1. The standard InChI is InChI=1S/C11H8INO3/c1-13-5-8(11(15)16)10(14)7-3-2-6(12)4-9(7)13/h2-5H,1H3,(H,15,16). The molecule has 0 aliphatic carbocycles. The first-order valence-corrected chi connectivity index (χ1v) is 5.61. The number of aryl methyl sites for hydroxylation is 1. The number of hydrogen-bond donors (Lipinski definition) is 1. The predicted octanol–water partition coefficient (Wildman–Crippen LogP) is 1.84. The maximum Gasteiger partial charge on any atom is 0.341 e. The fourth-order valence-corrected chi connectivity index (χ4v) is 2.08. The highest BCUT2D eigenvalue weighted by molar-refractivity contribution is 14.1. The maximum atomic E-state index is 11.8. The Balaban J connectivity index is 2.96. The fourth-order valence-electron chi connectivity index (χ4n) is 1.61. The third kappa shape index (κ3) is 1.71. The Labute approximate surface area is 105 Å². The second-order valence-corrected chi connectivity index (χ2v) is 4.70. The van der Waals surface area contributed by atoms with E-state index in [0.717, 1.165) is 9.09 Å². The van der Waals surface area contributed by atoms with Crippen molar-refractivity contribution in [3.8, 4) is 0 Å². The van der Waals surface area contributed by atoms with Gasteiger partial charge >= 0.3 is 5.97 Å². The minimum atomic E-state index is -1.19. The number of aromatic carboxylic acids is 1. The van der Waals surface area contributed by atoms with Crippen LogP contribution in [0, 0.1) is 3.57 Å². The zero-order chi connectivity index (χ0) is 11.9. The molecule has 1 heterocycles. The second kappa shape index (κ2) is 3.89. The van der Waals surface area contributed by atoms with Gasteiger partial charge in [0.1, 0.15) is 5.56 Å². The average Bonchev–Trinajstić information content (AvgIpc) is 2.22. The van der Waals surface area contributed by atoms with Crippen molar-refractivity contribution in [2.75, 3.05) is 0 Å². The van der Waals surface area contributed by atoms with Crippen molar-refractivity contribution < 1.29 is 9.90 Å². The van der Waals surface area contributed by atoms with E-state index in [9.17, 15) is 9.59 Å². The molecule has 0 unspecified atom stereocenters. The molecule has 0 atom stereocenters. The van der Waals surface area contributed by atoms with Crippen molar-refractivity contribution in [1.82, 2.24) is 4.57 Å². The Morgan fingerprint density at radius 3 is 2.75 bits per heavy atom. The SMILES string of the molecule is Cn1cc(C(=O)O)c(=O)c2ccc(I)cc21. The predicted molar refractivity (Wildman–Crippen MR) is 68.9 cm³/mol. The molecule has 16 heavy (non-hydrogen) atoms. The van der Waals surface area contributed by atoms with Gasteiger partial charge in [-0.05, 0) is 40.8 Å². The molecule has 4 nitrogen and oxygen atoms in total. The number of nitrogens with zero attached hydrogens (tertiary/aromatic N) is 1. The molecule has 0 radical (unpaired) electrons. The zero-order valence-corrected chi connectivity index (χ0v) is 10.6. The number of carboxylic acid groups (broad SMARTS) is 1. The van der Waals surface area contributed by atoms with Crippen LogP contribution >= 0.6 is 22.6 Å². The summed E-state index contributed by atoms with van der Waals surface area (Å²) >= 11 is 2.15. The van der Waals surface area contributed by atoms with Crippen molar-refractivity contribution in [3.05, 3.63) is 43.8 Å². The number of halogens is 1. The lowest BCUT2D eigenvalue weighted by Gasteiger charge is -2.06. The van der Waals surface area contributed by atoms with Crippen LogP contribution in [0.1, 0.15) is 10.4 Å². The summed E-state index contributed by atoms with van der Waals surface area (Å²) in [6.45, 7) is 0. The van der Waals surface area contributed by atoms with Gasteiger partial charge in [-0.15, -0.1) is 0 Å². The minimum absolute atomic E-state index is 0.198. The zero-order valence-electron chi connectivity index (χ0n) is 8.40. The second-order valence-electron chi connectivity index (χ2n) is 3.45. The minimum Gasteiger partial charge on any atom is -0.477 e. The van der Waals surface area contributed by atoms with E-state index >= 15 is 0 Å². The molecule has 2 aromatic rings. The van der Waals surface area contributed by atoms with Crippen molar-refractivity contribution in [3.63, 3.8) is 0 Å². The first kappa shape index (κ1) is 11.1. The number of fused-ring (bicyclic) bond motifs is 1. The average molecular weight is 329 g/mol. The van der Waals surface area contributed by atoms with E-state index in [1.165, 1.54) is 6.20 Å². The number of carbonyl (C=O) groups is 1. The summed E-state index contributed by atoms with van der Waals surface area (Å²) in [6.07, 6.45) is 1.35. The van der Waals surface area contributed by atoms with Gasteiger partial charge in [0.25, 0.3) is 0 Å². The molecule has 0 spiro atoms. The molecular weight excluding hydrogens is 321 g/mol. The first-order valence-electron chi connectivity index (χ1n) is 4.53. The van der Waals surface area contributed by atoms with E-state index in [0.29, 0.717) is 5.39 Å². The molecule has 0 saturated heterocycles. The van der Waals surface area contributed by atoms with E-state index in [1.54, 1.807) is 23.7 Å². The van der Waals surface area contributed by atoms with Gasteiger partial charge in [-0.3, -0.25) is 4.79 Å². The van der Waals surface area contributed by atoms with Crippen LogP contribution in [0.15, 0.2) is 29.2 Å². The van der Waals surface area contributed by atoms with Gasteiger partial charge in [0.05, 0.1) is 5.52 Å². The van der Waals surface area contributed by atoms with Crippen LogP contribution in [0.5, 0.6) is 0 Å². The van der Waals surface area contributed by atoms with Gasteiger partial charge in [0, 0.05) is 22.2 Å². The molecule has 0 fully saturated rings. The van der Waals surface area contributed by atoms with Crippen LogP contribution in [-0.4, -0.2) is 15.6 Å². The largest absolute Gasteiger partial charge is 0.477 e. The Morgan fingerprint density at radius 2 is 2.12 bits per heavy atom. The van der Waals surface area contributed by atoms with Gasteiger partial charge in [0.15, 0.2) is 0 Å². The van der Waals surface area contributed by atoms with Gasteiger partial charge in [-0.1, -0.05) is 0 Å². The molecule has 82 valence electrons. The highest BCUT2D eigenvalue weighted by atomic mass is 127. The Kier molecular flexibility index (Phi) is 2.71. The van der Waals surface area contributed by atoms with Crippen LogP contribution in [0.3, 0.4) is 0 Å². The van der Waals surface area contributed by atoms with Gasteiger partial charge < -0.3 is 9.67 Å². The smallest absolute Gasteiger partial charge is 0.341 e. The topological polar surface area (TPSA) is 59.3 Å². The number of carboxylic acids is 1. The Hall–Kier alpha value is -1.37. The lowest BCUT2D eigenvalue weighted by molar-refractivity contribution is 0.0695. The van der Waals surface area contributed by atoms with Gasteiger partial charge in [-0.25, -0.2) is 4.79 Å². The van der Waals surface area contributed by atoms with E-state index in [2.05, 4.69) is 22.6 Å². The molecule has 0 bridgehead atoms. The molecule has 0 aliphatic rings. The van der Waals surface area contributed by atoms with Crippen LogP contribution in [0.4, 0.5) is 0 Å². The Morgan fingerprint density at radius 1 is 1.44 bits per heavy atom. The number of benzene rings is 1. The monoisotopic (exact) mass is 329 g/mol. The maximum absolute atomic E-state index is 11.8. The van der Waals surface area contributed by atoms with Crippen LogP contribution in [-0.2, 0) is 7.05 Å². The first-order chi connectivity index (χ1) is 7.50. The van der Waals surface area contributed by atoms with Crippen LogP contribution in [0.25, 0.3) is 10.9 Å². The summed E-state index contributed by atoms with van der Waals surface area (Å²) in [5.74, 6) is -1.19. The fraction of sp³-hybridized carbons (Fsp3) is 0.0909. The third-order valence-electron chi connectivity index (χ3n) is 2.38. The highest BCUT2D eigenvalue weighted by Gasteiger charge is 2.12. The van der Waals surface area contributed by atoms with Crippen molar-refractivity contribution in [2.45, 2.75) is 0 Å². The normalized spacial score (nSPS) is 10.6. The number of pyridine rings is 1. The Bertz CT molecular complexity index is 645. The van der Waals surface area contributed by atoms with E-state index in [4.69, 9.17) is 5.11 Å². The molecule has 0 aliphatic heterocycles. The molecule has 1 N–H and O–H groups in total. The van der Waals surface area contributed by atoms with Crippen LogP contribution < -0.4 is 5.43 Å². The number of rotatable bonds is 1. The number of hydrogen-bond acceptors (Lipinski definition) is 2. The summed E-state index contributed by atoms with van der Waals surface area (Å²) in [6, 6.07) is 5.30.